The second kappa shape index (κ2) is 14.6. The summed E-state index contributed by atoms with van der Waals surface area (Å²) in [6.07, 6.45) is 6.56. The van der Waals surface area contributed by atoms with Gasteiger partial charge in [0.1, 0.15) is 29.1 Å². The molecule has 6 saturated carbocycles. The predicted octanol–water partition coefficient (Wildman–Crippen LogP) is 4.90. The SMILES string of the molecule is CC(C)C1=CC2CC3(CO)C4CCC(C)C4CC2(CO)[C@]13C(=O)O.COC1C(C)OC(OCC23CC4C(C)CCC4C4(CO)CC2C=C(C(C)C)[C@@]34C(=O)O)C(O)C1O. The summed E-state index contributed by atoms with van der Waals surface area (Å²) >= 11 is 0. The molecule has 8 bridgehead atoms. The van der Waals surface area contributed by atoms with Crippen LogP contribution in [0.1, 0.15) is 99.8 Å². The van der Waals surface area contributed by atoms with Crippen molar-refractivity contribution in [2.24, 2.45) is 91.7 Å². The molecule has 9 rings (SSSR count). The van der Waals surface area contributed by atoms with Crippen molar-refractivity contribution in [3.63, 3.8) is 0 Å². The van der Waals surface area contributed by atoms with Crippen molar-refractivity contribution in [3.05, 3.63) is 23.3 Å². The predicted molar refractivity (Wildman–Crippen MR) is 216 cm³/mol. The van der Waals surface area contributed by atoms with Crippen LogP contribution < -0.4 is 0 Å². The average molecular weight is 829 g/mol. The molecule has 7 fully saturated rings. The molecule has 1 aliphatic heterocycles. The summed E-state index contributed by atoms with van der Waals surface area (Å²) in [5.74, 6) is 0.711. The summed E-state index contributed by atoms with van der Waals surface area (Å²) in [4.78, 5) is 26.4. The average Bonchev–Trinajstić information content (AvgIpc) is 3.98. The van der Waals surface area contributed by atoms with Gasteiger partial charge in [-0.15, -0.1) is 0 Å². The lowest BCUT2D eigenvalue weighted by atomic mass is 9.42. The van der Waals surface area contributed by atoms with Crippen LogP contribution >= 0.6 is 0 Å². The van der Waals surface area contributed by atoms with Crippen molar-refractivity contribution in [2.75, 3.05) is 33.5 Å². The highest BCUT2D eigenvalue weighted by atomic mass is 16.7. The third-order valence-electron chi connectivity index (χ3n) is 19.5. The van der Waals surface area contributed by atoms with E-state index in [1.165, 1.54) is 7.11 Å². The van der Waals surface area contributed by atoms with Crippen LogP contribution in [0.25, 0.3) is 0 Å². The third-order valence-corrected chi connectivity index (χ3v) is 19.5. The normalized spacial score (nSPS) is 52.3. The fourth-order valence-electron chi connectivity index (χ4n) is 17.4. The Morgan fingerprint density at radius 1 is 0.695 bits per heavy atom. The smallest absolute Gasteiger partial charge is 0.315 e. The number of hydrogen-bond acceptors (Lipinski definition) is 10. The lowest BCUT2D eigenvalue weighted by molar-refractivity contribution is -0.307. The van der Waals surface area contributed by atoms with Gasteiger partial charge in [-0.05, 0) is 105 Å². The number of fused-ring (bicyclic) bond motifs is 4. The molecule has 9 aliphatic rings. The van der Waals surface area contributed by atoms with Gasteiger partial charge in [0, 0.05) is 28.8 Å². The van der Waals surface area contributed by atoms with Gasteiger partial charge in [0.15, 0.2) is 6.29 Å². The zero-order valence-electron chi connectivity index (χ0n) is 36.5. The molecule has 0 radical (unpaired) electrons. The Bertz CT molecular complexity index is 1740. The molecule has 8 aliphatic carbocycles. The minimum absolute atomic E-state index is 0.0258. The zero-order valence-corrected chi connectivity index (χ0v) is 36.5. The fourth-order valence-corrected chi connectivity index (χ4v) is 17.4. The molecule has 19 atom stereocenters. The van der Waals surface area contributed by atoms with E-state index in [-0.39, 0.29) is 61.9 Å². The first-order chi connectivity index (χ1) is 27.8. The Kier molecular flexibility index (Phi) is 10.8. The number of hydrogen-bond donors (Lipinski definition) is 7. The van der Waals surface area contributed by atoms with Gasteiger partial charge in [-0.3, -0.25) is 9.59 Å². The first-order valence-electron chi connectivity index (χ1n) is 22.7. The lowest BCUT2D eigenvalue weighted by Crippen LogP contribution is -2.65. The summed E-state index contributed by atoms with van der Waals surface area (Å²) in [7, 11) is 1.46. The number of carboxylic acid groups (broad SMARTS) is 2. The molecule has 1 heterocycles. The monoisotopic (exact) mass is 829 g/mol. The zero-order chi connectivity index (χ0) is 43.0. The quantitative estimate of drug-likeness (QED) is 0.139. The standard InChI is InChI=1S/C27H42O8.C20H30O4/c1-13(2)19-8-16-9-25(11-28)18-7-6-14(3)17(18)10-26(16,27(19,25)24(31)32)12-34-23-21(30)20(29)22(33-5)15(4)35-23;1-11(2)16-6-13-7-19(10-22)15-5-4-12(3)14(15)8-18(13,9-21)20(16,19)17(23)24/h8,13-18,20-23,28-30H,6-7,9-12H2,1-5H3,(H,31,32);6,11-15,21-22H,4-5,7-10H2,1-3H3,(H,23,24)/t14?,15?,16?,17?,18?,20?,21?,22?,23?,25?,26?,27-;12?,13?,14?,15?,18?,19?,20-/m01/s1. The Morgan fingerprint density at radius 2 is 1.14 bits per heavy atom. The van der Waals surface area contributed by atoms with E-state index in [1.807, 2.05) is 13.8 Å². The van der Waals surface area contributed by atoms with Gasteiger partial charge in [0.2, 0.25) is 0 Å². The second-order valence-corrected chi connectivity index (χ2v) is 21.6. The van der Waals surface area contributed by atoms with Crippen LogP contribution in [0.5, 0.6) is 0 Å². The third kappa shape index (κ3) is 5.01. The molecule has 17 unspecified atom stereocenters. The Labute approximate surface area is 349 Å². The van der Waals surface area contributed by atoms with E-state index in [0.29, 0.717) is 36.5 Å². The summed E-state index contributed by atoms with van der Waals surface area (Å²) in [6.45, 7) is 14.2. The van der Waals surface area contributed by atoms with Crippen molar-refractivity contribution < 1.29 is 59.5 Å². The summed E-state index contributed by atoms with van der Waals surface area (Å²) in [5, 5.41) is 75.0. The molecule has 0 amide bonds. The molecular formula is C47H72O12. The first-order valence-corrected chi connectivity index (χ1v) is 22.7. The van der Waals surface area contributed by atoms with Gasteiger partial charge < -0.3 is 50.0 Å². The number of carboxylic acids is 2. The first kappa shape index (κ1) is 43.7. The number of rotatable bonds is 11. The molecular weight excluding hydrogens is 757 g/mol. The van der Waals surface area contributed by atoms with Crippen LogP contribution in [-0.2, 0) is 23.8 Å². The fraction of sp³-hybridized carbons (Fsp3) is 0.872. The minimum atomic E-state index is -1.31. The molecule has 59 heavy (non-hydrogen) atoms. The highest BCUT2D eigenvalue weighted by Gasteiger charge is 2.85. The van der Waals surface area contributed by atoms with Crippen LogP contribution in [0.15, 0.2) is 23.3 Å². The van der Waals surface area contributed by atoms with Gasteiger partial charge in [-0.1, -0.05) is 77.7 Å². The van der Waals surface area contributed by atoms with Gasteiger partial charge in [0.25, 0.3) is 0 Å². The summed E-state index contributed by atoms with van der Waals surface area (Å²) < 4.78 is 17.5. The summed E-state index contributed by atoms with van der Waals surface area (Å²) in [5.41, 5.74) is -3.13. The van der Waals surface area contributed by atoms with E-state index in [1.54, 1.807) is 6.92 Å². The number of aliphatic hydroxyl groups excluding tert-OH is 5. The molecule has 12 heteroatoms. The van der Waals surface area contributed by atoms with Crippen LogP contribution in [0.3, 0.4) is 0 Å². The van der Waals surface area contributed by atoms with Gasteiger partial charge in [-0.2, -0.15) is 0 Å². The number of aliphatic carboxylic acids is 2. The van der Waals surface area contributed by atoms with Gasteiger partial charge >= 0.3 is 11.9 Å². The molecule has 12 nitrogen and oxygen atoms in total. The maximum atomic E-state index is 13.5. The molecule has 7 N–H and O–H groups in total. The van der Waals surface area contributed by atoms with Crippen LogP contribution in [0.4, 0.5) is 0 Å². The van der Waals surface area contributed by atoms with Crippen molar-refractivity contribution >= 4 is 11.9 Å². The Balaban J connectivity index is 0.000000176. The van der Waals surface area contributed by atoms with Crippen LogP contribution in [0.2, 0.25) is 0 Å². The lowest BCUT2D eigenvalue weighted by Gasteiger charge is -2.60. The molecule has 1 saturated heterocycles. The molecule has 0 aromatic heterocycles. The van der Waals surface area contributed by atoms with Crippen molar-refractivity contribution in [1.82, 2.24) is 0 Å². The van der Waals surface area contributed by atoms with E-state index >= 15 is 0 Å². The summed E-state index contributed by atoms with van der Waals surface area (Å²) in [6, 6.07) is 0. The maximum Gasteiger partial charge on any atom is 0.315 e. The Hall–Kier alpha value is -1.90. The topological polar surface area (TPSA) is 203 Å². The number of aliphatic hydroxyl groups is 5. The molecule has 332 valence electrons. The second-order valence-electron chi connectivity index (χ2n) is 21.6. The largest absolute Gasteiger partial charge is 0.481 e. The van der Waals surface area contributed by atoms with Gasteiger partial charge in [-0.25, -0.2) is 0 Å². The van der Waals surface area contributed by atoms with E-state index in [4.69, 9.17) is 14.2 Å². The molecule has 0 aromatic rings. The van der Waals surface area contributed by atoms with Crippen LogP contribution in [-0.4, -0.2) is 112 Å². The van der Waals surface area contributed by atoms with Gasteiger partial charge in [0.05, 0.1) is 32.5 Å². The highest BCUT2D eigenvalue weighted by Crippen LogP contribution is 2.84. The number of methoxy groups -OCH3 is 1. The highest BCUT2D eigenvalue weighted by molar-refractivity contribution is 5.85. The van der Waals surface area contributed by atoms with Crippen molar-refractivity contribution in [2.45, 2.75) is 131 Å². The van der Waals surface area contributed by atoms with Crippen LogP contribution in [0, 0.1) is 91.7 Å². The van der Waals surface area contributed by atoms with E-state index in [2.05, 4.69) is 39.8 Å². The Morgan fingerprint density at radius 3 is 1.56 bits per heavy atom. The molecule has 0 spiro atoms. The van der Waals surface area contributed by atoms with Crippen molar-refractivity contribution in [1.29, 1.82) is 0 Å². The number of ether oxygens (including phenoxy) is 3. The number of allylic oxidation sites excluding steroid dienone is 2. The maximum absolute atomic E-state index is 13.5. The number of carbonyl (C=O) groups is 2. The van der Waals surface area contributed by atoms with E-state index in [9.17, 15) is 45.3 Å². The molecule has 0 aromatic carbocycles. The minimum Gasteiger partial charge on any atom is -0.481 e. The van der Waals surface area contributed by atoms with E-state index < -0.39 is 75.1 Å². The van der Waals surface area contributed by atoms with Crippen molar-refractivity contribution in [3.8, 4) is 0 Å². The van der Waals surface area contributed by atoms with E-state index in [0.717, 1.165) is 49.7 Å².